The first-order valence-corrected chi connectivity index (χ1v) is 9.78. The second-order valence-electron chi connectivity index (χ2n) is 7.26. The Morgan fingerprint density at radius 3 is 2.70 bits per heavy atom. The summed E-state index contributed by atoms with van der Waals surface area (Å²) in [6.07, 6.45) is 2.06. The number of rotatable bonds is 7. The lowest BCUT2D eigenvalue weighted by Gasteiger charge is -2.17. The highest BCUT2D eigenvalue weighted by Crippen LogP contribution is 2.25. The summed E-state index contributed by atoms with van der Waals surface area (Å²) < 4.78 is 16.1. The average Bonchev–Trinajstić information content (AvgIpc) is 3.12. The van der Waals surface area contributed by atoms with Gasteiger partial charge in [-0.25, -0.2) is 9.37 Å². The van der Waals surface area contributed by atoms with Crippen LogP contribution in [0.2, 0.25) is 0 Å². The maximum Gasteiger partial charge on any atom is 0.240 e. The van der Waals surface area contributed by atoms with Crippen molar-refractivity contribution in [2.45, 2.75) is 45.7 Å². The van der Waals surface area contributed by atoms with Gasteiger partial charge in [-0.1, -0.05) is 25.1 Å². The molecular formula is C23H23FN4O2. The molecule has 0 bridgehead atoms. The second kappa shape index (κ2) is 8.87. The fourth-order valence-electron chi connectivity index (χ4n) is 3.53. The van der Waals surface area contributed by atoms with E-state index in [2.05, 4.69) is 16.4 Å². The number of carbonyl (C=O) groups excluding carboxylic acids is 2. The summed E-state index contributed by atoms with van der Waals surface area (Å²) in [5.74, 6) is -1.33. The van der Waals surface area contributed by atoms with Crippen LogP contribution in [0.4, 0.5) is 4.39 Å². The van der Waals surface area contributed by atoms with E-state index in [1.54, 1.807) is 41.8 Å². The van der Waals surface area contributed by atoms with Crippen LogP contribution >= 0.6 is 0 Å². The van der Waals surface area contributed by atoms with Crippen LogP contribution in [-0.4, -0.2) is 21.2 Å². The van der Waals surface area contributed by atoms with Crippen molar-refractivity contribution >= 4 is 22.7 Å². The molecule has 0 spiro atoms. The topological polar surface area (TPSA) is 87.8 Å². The van der Waals surface area contributed by atoms with Crippen LogP contribution in [0.25, 0.3) is 11.0 Å². The molecule has 1 aromatic heterocycles. The lowest BCUT2D eigenvalue weighted by atomic mass is 9.95. The standard InChI is InChI=1S/C23H23FN4O2/c1-4-16(11-25)19-9-8-17(10-20(19)24)14(2)27-22(30)12-28-13-26-21-7-5-6-18(15(3)29)23(21)28/h5-10,13-14,16H,4,12H2,1-3H3,(H,27,30). The number of hydrogen-bond acceptors (Lipinski definition) is 4. The molecule has 0 aliphatic carbocycles. The predicted molar refractivity (Wildman–Crippen MR) is 111 cm³/mol. The fourth-order valence-corrected chi connectivity index (χ4v) is 3.53. The minimum Gasteiger partial charge on any atom is -0.348 e. The van der Waals surface area contributed by atoms with E-state index in [1.165, 1.54) is 19.3 Å². The molecule has 3 rings (SSSR count). The zero-order chi connectivity index (χ0) is 21.8. The van der Waals surface area contributed by atoms with Gasteiger partial charge in [0, 0.05) is 11.1 Å². The summed E-state index contributed by atoms with van der Waals surface area (Å²) in [5.41, 5.74) is 2.74. The Bertz CT molecular complexity index is 1150. The highest BCUT2D eigenvalue weighted by atomic mass is 19.1. The summed E-state index contributed by atoms with van der Waals surface area (Å²) in [6.45, 7) is 5.06. The average molecular weight is 406 g/mol. The molecule has 0 fully saturated rings. The Hall–Kier alpha value is -3.53. The molecule has 7 heteroatoms. The van der Waals surface area contributed by atoms with Gasteiger partial charge in [0.15, 0.2) is 5.78 Å². The number of imidazole rings is 1. The minimum absolute atomic E-state index is 0.0158. The fraction of sp³-hybridized carbons (Fsp3) is 0.304. The van der Waals surface area contributed by atoms with Crippen LogP contribution in [0.15, 0.2) is 42.7 Å². The number of hydrogen-bond donors (Lipinski definition) is 1. The van der Waals surface area contributed by atoms with Crippen molar-refractivity contribution in [1.82, 2.24) is 14.9 Å². The van der Waals surface area contributed by atoms with E-state index >= 15 is 0 Å². The number of ketones is 1. The second-order valence-corrected chi connectivity index (χ2v) is 7.26. The maximum atomic E-state index is 14.5. The molecule has 0 saturated carbocycles. The lowest BCUT2D eigenvalue weighted by Crippen LogP contribution is -2.30. The van der Waals surface area contributed by atoms with E-state index in [0.717, 1.165) is 0 Å². The van der Waals surface area contributed by atoms with E-state index in [9.17, 15) is 14.0 Å². The van der Waals surface area contributed by atoms with Crippen molar-refractivity contribution < 1.29 is 14.0 Å². The summed E-state index contributed by atoms with van der Waals surface area (Å²) in [5, 5.41) is 12.0. The van der Waals surface area contributed by atoms with E-state index in [1.807, 2.05) is 6.92 Å². The number of benzene rings is 2. The number of amides is 1. The summed E-state index contributed by atoms with van der Waals surface area (Å²) in [6, 6.07) is 11.6. The molecule has 0 aliphatic rings. The molecule has 1 N–H and O–H groups in total. The smallest absolute Gasteiger partial charge is 0.240 e. The van der Waals surface area contributed by atoms with Crippen LogP contribution in [0.1, 0.15) is 60.6 Å². The minimum atomic E-state index is -0.492. The van der Waals surface area contributed by atoms with Gasteiger partial charge in [0.1, 0.15) is 12.4 Å². The normalized spacial score (nSPS) is 12.9. The summed E-state index contributed by atoms with van der Waals surface area (Å²) >= 11 is 0. The van der Waals surface area contributed by atoms with Crippen LogP contribution in [0.3, 0.4) is 0 Å². The Labute approximate surface area is 174 Å². The van der Waals surface area contributed by atoms with Crippen LogP contribution in [0.5, 0.6) is 0 Å². The Morgan fingerprint density at radius 1 is 1.30 bits per heavy atom. The molecule has 1 heterocycles. The van der Waals surface area contributed by atoms with Gasteiger partial charge in [-0.05, 0) is 44.0 Å². The Kier molecular flexibility index (Phi) is 6.26. The molecule has 0 radical (unpaired) electrons. The van der Waals surface area contributed by atoms with Crippen molar-refractivity contribution in [2.75, 3.05) is 0 Å². The van der Waals surface area contributed by atoms with Crippen LogP contribution in [-0.2, 0) is 11.3 Å². The van der Waals surface area contributed by atoms with Crippen molar-refractivity contribution in [3.05, 3.63) is 65.2 Å². The van der Waals surface area contributed by atoms with E-state index in [-0.39, 0.29) is 18.2 Å². The highest BCUT2D eigenvalue weighted by molar-refractivity contribution is 6.05. The van der Waals surface area contributed by atoms with Crippen molar-refractivity contribution in [3.63, 3.8) is 0 Å². The molecule has 30 heavy (non-hydrogen) atoms. The van der Waals surface area contributed by atoms with Gasteiger partial charge in [0.25, 0.3) is 0 Å². The first kappa shape index (κ1) is 21.2. The number of Topliss-reactive ketones (excluding diaryl/α,β-unsaturated/α-hetero) is 1. The number of aromatic nitrogens is 2. The monoisotopic (exact) mass is 406 g/mol. The van der Waals surface area contributed by atoms with Gasteiger partial charge in [0.05, 0.1) is 35.4 Å². The van der Waals surface area contributed by atoms with Gasteiger partial charge in [-0.3, -0.25) is 9.59 Å². The zero-order valence-corrected chi connectivity index (χ0v) is 17.1. The zero-order valence-electron chi connectivity index (χ0n) is 17.1. The van der Waals surface area contributed by atoms with Gasteiger partial charge < -0.3 is 9.88 Å². The first-order valence-electron chi connectivity index (χ1n) is 9.78. The highest BCUT2D eigenvalue weighted by Gasteiger charge is 2.18. The molecule has 2 atom stereocenters. The summed E-state index contributed by atoms with van der Waals surface area (Å²) in [4.78, 5) is 28.8. The van der Waals surface area contributed by atoms with Crippen molar-refractivity contribution in [3.8, 4) is 6.07 Å². The molecule has 0 saturated heterocycles. The van der Waals surface area contributed by atoms with Gasteiger partial charge in [-0.15, -0.1) is 0 Å². The SMILES string of the molecule is CCC(C#N)c1ccc(C(C)NC(=O)Cn2cnc3cccc(C(C)=O)c32)cc1F. The van der Waals surface area contributed by atoms with Crippen molar-refractivity contribution in [1.29, 1.82) is 5.26 Å². The third-order valence-corrected chi connectivity index (χ3v) is 5.17. The van der Waals surface area contributed by atoms with Crippen LogP contribution in [0, 0.1) is 17.1 Å². The lowest BCUT2D eigenvalue weighted by molar-refractivity contribution is -0.122. The number of para-hydroxylation sites is 1. The number of halogens is 1. The Balaban J connectivity index is 1.76. The van der Waals surface area contributed by atoms with Crippen LogP contribution < -0.4 is 5.32 Å². The van der Waals surface area contributed by atoms with Gasteiger partial charge in [-0.2, -0.15) is 5.26 Å². The number of nitrogens with one attached hydrogen (secondary N) is 1. The van der Waals surface area contributed by atoms with E-state index < -0.39 is 17.8 Å². The van der Waals surface area contributed by atoms with E-state index in [4.69, 9.17) is 5.26 Å². The predicted octanol–water partition coefficient (Wildman–Crippen LogP) is 4.27. The molecule has 3 aromatic rings. The Morgan fingerprint density at radius 2 is 2.07 bits per heavy atom. The molecule has 154 valence electrons. The molecule has 6 nitrogen and oxygen atoms in total. The molecule has 1 amide bonds. The number of nitriles is 1. The van der Waals surface area contributed by atoms with E-state index in [0.29, 0.717) is 34.1 Å². The first-order chi connectivity index (χ1) is 14.3. The number of fused-ring (bicyclic) bond motifs is 1. The molecule has 0 aliphatic heterocycles. The van der Waals surface area contributed by atoms with Crippen molar-refractivity contribution in [2.24, 2.45) is 0 Å². The number of nitrogens with zero attached hydrogens (tertiary/aromatic N) is 3. The summed E-state index contributed by atoms with van der Waals surface area (Å²) in [7, 11) is 0. The number of carbonyl (C=O) groups is 2. The molecular weight excluding hydrogens is 383 g/mol. The maximum absolute atomic E-state index is 14.5. The van der Waals surface area contributed by atoms with Gasteiger partial charge >= 0.3 is 0 Å². The van der Waals surface area contributed by atoms with Gasteiger partial charge in [0.2, 0.25) is 5.91 Å². The third-order valence-electron chi connectivity index (χ3n) is 5.17. The quantitative estimate of drug-likeness (QED) is 0.594. The molecule has 2 unspecified atom stereocenters. The molecule has 2 aromatic carbocycles. The third kappa shape index (κ3) is 4.23. The largest absolute Gasteiger partial charge is 0.348 e.